The number of nitrogens with zero attached hydrogens (tertiary/aromatic N) is 1. The van der Waals surface area contributed by atoms with Crippen LogP contribution in [0, 0.1) is 0 Å². The number of aryl methyl sites for hydroxylation is 1. The molecule has 2 aliphatic rings. The molecule has 0 amide bonds. The molecule has 0 fully saturated rings. The normalized spacial score (nSPS) is 23.1. The Balaban J connectivity index is 2.03. The third-order valence-electron chi connectivity index (χ3n) is 3.74. The molecular weight excluding hydrogens is 198 g/mol. The van der Waals surface area contributed by atoms with Crippen LogP contribution in [0.4, 0.5) is 0 Å². The van der Waals surface area contributed by atoms with E-state index in [4.69, 9.17) is 4.74 Å². The molecule has 1 aliphatic carbocycles. The largest absolute Gasteiger partial charge is 0.497 e. The highest BCUT2D eigenvalue weighted by atomic mass is 16.5. The molecule has 1 aromatic carbocycles. The molecule has 2 nitrogen and oxygen atoms in total. The van der Waals surface area contributed by atoms with Gasteiger partial charge in [-0.25, -0.2) is 0 Å². The van der Waals surface area contributed by atoms with Crippen LogP contribution in [0.15, 0.2) is 23.2 Å². The predicted octanol–water partition coefficient (Wildman–Crippen LogP) is 2.96. The summed E-state index contributed by atoms with van der Waals surface area (Å²) >= 11 is 0. The highest BCUT2D eigenvalue weighted by Crippen LogP contribution is 2.36. The van der Waals surface area contributed by atoms with E-state index in [-0.39, 0.29) is 0 Å². The SMILES string of the molecule is COc1ccc2c(c1)CCC1=NCCCC12. The van der Waals surface area contributed by atoms with Crippen molar-refractivity contribution in [1.82, 2.24) is 0 Å². The number of rotatable bonds is 1. The van der Waals surface area contributed by atoms with Crippen molar-refractivity contribution in [2.75, 3.05) is 13.7 Å². The van der Waals surface area contributed by atoms with E-state index in [2.05, 4.69) is 23.2 Å². The highest BCUT2D eigenvalue weighted by Gasteiger charge is 2.27. The Morgan fingerprint density at radius 1 is 1.31 bits per heavy atom. The summed E-state index contributed by atoms with van der Waals surface area (Å²) in [5.74, 6) is 1.58. The first-order valence-electron chi connectivity index (χ1n) is 6.08. The summed E-state index contributed by atoms with van der Waals surface area (Å²) in [6.45, 7) is 1.04. The molecule has 0 saturated carbocycles. The van der Waals surface area contributed by atoms with Gasteiger partial charge in [-0.3, -0.25) is 4.99 Å². The summed E-state index contributed by atoms with van der Waals surface area (Å²) in [6.07, 6.45) is 4.78. The van der Waals surface area contributed by atoms with Crippen molar-refractivity contribution < 1.29 is 4.74 Å². The van der Waals surface area contributed by atoms with Gasteiger partial charge in [0.25, 0.3) is 0 Å². The lowest BCUT2D eigenvalue weighted by Crippen LogP contribution is -2.24. The first kappa shape index (κ1) is 9.88. The second-order valence-electron chi connectivity index (χ2n) is 4.63. The number of ether oxygens (including phenoxy) is 1. The van der Waals surface area contributed by atoms with Gasteiger partial charge in [0.05, 0.1) is 7.11 Å². The molecule has 84 valence electrons. The molecular formula is C14H17NO. The van der Waals surface area contributed by atoms with Crippen LogP contribution in [0.5, 0.6) is 5.75 Å². The summed E-state index contributed by atoms with van der Waals surface area (Å²) in [4.78, 5) is 4.68. The van der Waals surface area contributed by atoms with E-state index in [1.807, 2.05) is 0 Å². The van der Waals surface area contributed by atoms with Gasteiger partial charge in [-0.2, -0.15) is 0 Å². The van der Waals surface area contributed by atoms with Crippen LogP contribution < -0.4 is 4.74 Å². The van der Waals surface area contributed by atoms with Gasteiger partial charge in [-0.15, -0.1) is 0 Å². The molecule has 1 aromatic rings. The fourth-order valence-corrected chi connectivity index (χ4v) is 2.91. The Labute approximate surface area is 96.3 Å². The fraction of sp³-hybridized carbons (Fsp3) is 0.500. The van der Waals surface area contributed by atoms with Crippen LogP contribution in [-0.2, 0) is 6.42 Å². The van der Waals surface area contributed by atoms with Gasteiger partial charge in [0, 0.05) is 18.2 Å². The topological polar surface area (TPSA) is 21.6 Å². The number of benzene rings is 1. The van der Waals surface area contributed by atoms with E-state index < -0.39 is 0 Å². The van der Waals surface area contributed by atoms with Gasteiger partial charge in [0.15, 0.2) is 0 Å². The van der Waals surface area contributed by atoms with E-state index in [1.54, 1.807) is 7.11 Å². The zero-order valence-electron chi connectivity index (χ0n) is 9.70. The molecule has 0 aromatic heterocycles. The highest BCUT2D eigenvalue weighted by molar-refractivity contribution is 5.93. The zero-order valence-corrected chi connectivity index (χ0v) is 9.70. The quantitative estimate of drug-likeness (QED) is 0.705. The fourth-order valence-electron chi connectivity index (χ4n) is 2.91. The van der Waals surface area contributed by atoms with Gasteiger partial charge >= 0.3 is 0 Å². The maximum Gasteiger partial charge on any atom is 0.119 e. The molecule has 1 unspecified atom stereocenters. The smallest absolute Gasteiger partial charge is 0.119 e. The third-order valence-corrected chi connectivity index (χ3v) is 3.74. The minimum absolute atomic E-state index is 0.600. The molecule has 0 radical (unpaired) electrons. The minimum atomic E-state index is 0.600. The van der Waals surface area contributed by atoms with Gasteiger partial charge in [-0.05, 0) is 48.9 Å². The van der Waals surface area contributed by atoms with Crippen molar-refractivity contribution in [3.63, 3.8) is 0 Å². The maximum atomic E-state index is 5.29. The molecule has 0 N–H and O–H groups in total. The Morgan fingerprint density at radius 2 is 2.25 bits per heavy atom. The predicted molar refractivity (Wildman–Crippen MR) is 65.6 cm³/mol. The van der Waals surface area contributed by atoms with Crippen LogP contribution in [-0.4, -0.2) is 19.4 Å². The standard InChI is InChI=1S/C14H17NO/c1-16-11-5-6-12-10(9-11)4-7-14-13(12)3-2-8-15-14/h5-6,9,13H,2-4,7-8H2,1H3. The monoisotopic (exact) mass is 215 g/mol. The summed E-state index contributed by atoms with van der Waals surface area (Å²) in [5.41, 5.74) is 4.39. The number of hydrogen-bond acceptors (Lipinski definition) is 2. The lowest BCUT2D eigenvalue weighted by Gasteiger charge is -2.30. The second-order valence-corrected chi connectivity index (χ2v) is 4.63. The summed E-state index contributed by atoms with van der Waals surface area (Å²) < 4.78 is 5.29. The van der Waals surface area contributed by atoms with Crippen molar-refractivity contribution in [2.24, 2.45) is 4.99 Å². The molecule has 1 aliphatic heterocycles. The maximum absolute atomic E-state index is 5.29. The Kier molecular flexibility index (Phi) is 2.43. The molecule has 0 saturated heterocycles. The summed E-state index contributed by atoms with van der Waals surface area (Å²) in [7, 11) is 1.73. The Hall–Kier alpha value is -1.31. The van der Waals surface area contributed by atoms with Crippen molar-refractivity contribution in [3.05, 3.63) is 29.3 Å². The first-order valence-corrected chi connectivity index (χ1v) is 6.08. The molecule has 2 heteroatoms. The van der Waals surface area contributed by atoms with Crippen LogP contribution in [0.2, 0.25) is 0 Å². The molecule has 3 rings (SSSR count). The average Bonchev–Trinajstić information content (AvgIpc) is 2.38. The van der Waals surface area contributed by atoms with Crippen LogP contribution in [0.3, 0.4) is 0 Å². The van der Waals surface area contributed by atoms with Crippen molar-refractivity contribution in [1.29, 1.82) is 0 Å². The van der Waals surface area contributed by atoms with E-state index in [9.17, 15) is 0 Å². The van der Waals surface area contributed by atoms with Gasteiger partial charge in [0.1, 0.15) is 5.75 Å². The number of hydrogen-bond donors (Lipinski definition) is 0. The molecule has 0 spiro atoms. The van der Waals surface area contributed by atoms with Crippen LogP contribution >= 0.6 is 0 Å². The minimum Gasteiger partial charge on any atom is -0.497 e. The van der Waals surface area contributed by atoms with E-state index in [0.717, 1.165) is 25.1 Å². The van der Waals surface area contributed by atoms with Crippen LogP contribution in [0.1, 0.15) is 36.3 Å². The molecule has 1 atom stereocenters. The molecule has 0 bridgehead atoms. The van der Waals surface area contributed by atoms with E-state index >= 15 is 0 Å². The Morgan fingerprint density at radius 3 is 3.12 bits per heavy atom. The zero-order chi connectivity index (χ0) is 11.0. The average molecular weight is 215 g/mol. The molecule has 1 heterocycles. The lowest BCUT2D eigenvalue weighted by atomic mass is 9.77. The van der Waals surface area contributed by atoms with Gasteiger partial charge in [-0.1, -0.05) is 6.07 Å². The van der Waals surface area contributed by atoms with Gasteiger partial charge in [0.2, 0.25) is 0 Å². The summed E-state index contributed by atoms with van der Waals surface area (Å²) in [6, 6.07) is 6.51. The van der Waals surface area contributed by atoms with Crippen molar-refractivity contribution in [3.8, 4) is 5.75 Å². The van der Waals surface area contributed by atoms with Gasteiger partial charge < -0.3 is 4.74 Å². The van der Waals surface area contributed by atoms with Crippen molar-refractivity contribution in [2.45, 2.75) is 31.6 Å². The number of methoxy groups -OCH3 is 1. The van der Waals surface area contributed by atoms with E-state index in [0.29, 0.717) is 5.92 Å². The first-order chi connectivity index (χ1) is 7.88. The Bertz CT molecular complexity index is 436. The number of aliphatic imine (C=N–C) groups is 1. The number of fused-ring (bicyclic) bond motifs is 3. The van der Waals surface area contributed by atoms with E-state index in [1.165, 1.54) is 29.7 Å². The van der Waals surface area contributed by atoms with Crippen molar-refractivity contribution >= 4 is 5.71 Å². The lowest BCUT2D eigenvalue weighted by molar-refractivity contribution is 0.413. The summed E-state index contributed by atoms with van der Waals surface area (Å²) in [5, 5.41) is 0. The third kappa shape index (κ3) is 1.53. The second kappa shape index (κ2) is 3.93. The van der Waals surface area contributed by atoms with Crippen LogP contribution in [0.25, 0.3) is 0 Å². The molecule has 16 heavy (non-hydrogen) atoms.